The van der Waals surface area contributed by atoms with E-state index in [1.807, 2.05) is 19.1 Å². The molecule has 4 amide bonds. The molecule has 12 heteroatoms. The highest BCUT2D eigenvalue weighted by Gasteiger charge is 2.60. The Hall–Kier alpha value is -4.74. The minimum atomic E-state index is -1.17. The van der Waals surface area contributed by atoms with E-state index in [1.54, 1.807) is 31.4 Å². The number of primary amides is 1. The van der Waals surface area contributed by atoms with Crippen LogP contribution in [0.25, 0.3) is 22.3 Å². The SMILES string of the molecule is COc1ccc2c(OC3CC4C(=O)NC5(C(N)=O)CC5C=CCCCCCNC(=O)N4C3)nc(-c3ccc(F)cc3)nc2c1C. The number of fused-ring (bicyclic) bond motifs is 3. The number of urea groups is 1. The van der Waals surface area contributed by atoms with E-state index >= 15 is 0 Å². The summed E-state index contributed by atoms with van der Waals surface area (Å²) >= 11 is 0. The van der Waals surface area contributed by atoms with Gasteiger partial charge in [0.15, 0.2) is 5.82 Å². The zero-order valence-corrected chi connectivity index (χ0v) is 25.3. The van der Waals surface area contributed by atoms with Crippen molar-refractivity contribution in [3.05, 3.63) is 59.9 Å². The van der Waals surface area contributed by atoms with Gasteiger partial charge in [0, 0.05) is 30.0 Å². The summed E-state index contributed by atoms with van der Waals surface area (Å²) in [6, 6.07) is 8.17. The largest absolute Gasteiger partial charge is 0.496 e. The number of aromatic nitrogens is 2. The van der Waals surface area contributed by atoms with Crippen LogP contribution in [0, 0.1) is 18.7 Å². The highest BCUT2D eigenvalue weighted by atomic mass is 19.1. The van der Waals surface area contributed by atoms with Crippen molar-refractivity contribution in [2.45, 2.75) is 63.1 Å². The molecule has 2 fully saturated rings. The third-order valence-electron chi connectivity index (χ3n) is 8.96. The van der Waals surface area contributed by atoms with Gasteiger partial charge in [-0.25, -0.2) is 14.2 Å². The van der Waals surface area contributed by atoms with E-state index in [-0.39, 0.29) is 36.6 Å². The van der Waals surface area contributed by atoms with Crippen molar-refractivity contribution in [1.29, 1.82) is 0 Å². The lowest BCUT2D eigenvalue weighted by Crippen LogP contribution is -2.55. The van der Waals surface area contributed by atoms with Gasteiger partial charge in [0.1, 0.15) is 29.3 Å². The molecule has 6 rings (SSSR count). The first-order valence-corrected chi connectivity index (χ1v) is 15.3. The molecule has 11 nitrogen and oxygen atoms in total. The van der Waals surface area contributed by atoms with Crippen LogP contribution < -0.4 is 25.8 Å². The van der Waals surface area contributed by atoms with Gasteiger partial charge < -0.3 is 30.7 Å². The number of hydrogen-bond acceptors (Lipinski definition) is 7. The Labute approximate surface area is 260 Å². The van der Waals surface area contributed by atoms with Gasteiger partial charge in [-0.15, -0.1) is 0 Å². The molecular weight excluding hydrogens is 579 g/mol. The van der Waals surface area contributed by atoms with Crippen LogP contribution in [-0.2, 0) is 9.59 Å². The summed E-state index contributed by atoms with van der Waals surface area (Å²) in [5, 5.41) is 6.45. The summed E-state index contributed by atoms with van der Waals surface area (Å²) in [5.74, 6) is -0.394. The first-order chi connectivity index (χ1) is 21.7. The van der Waals surface area contributed by atoms with Crippen LogP contribution in [0.15, 0.2) is 48.6 Å². The summed E-state index contributed by atoms with van der Waals surface area (Å²) in [4.78, 5) is 50.5. The molecule has 236 valence electrons. The number of nitrogens with zero attached hydrogens (tertiary/aromatic N) is 3. The number of allylic oxidation sites excluding steroid dienone is 1. The van der Waals surface area contributed by atoms with E-state index in [0.717, 1.165) is 31.2 Å². The predicted octanol–water partition coefficient (Wildman–Crippen LogP) is 3.77. The summed E-state index contributed by atoms with van der Waals surface area (Å²) in [6.45, 7) is 2.47. The number of nitrogens with two attached hydrogens (primary N) is 1. The number of benzene rings is 2. The zero-order chi connectivity index (χ0) is 31.7. The van der Waals surface area contributed by atoms with E-state index in [2.05, 4.69) is 10.6 Å². The summed E-state index contributed by atoms with van der Waals surface area (Å²) in [5.41, 5.74) is 6.56. The van der Waals surface area contributed by atoms with Crippen molar-refractivity contribution in [1.82, 2.24) is 25.5 Å². The van der Waals surface area contributed by atoms with Crippen LogP contribution in [0.2, 0.25) is 0 Å². The molecule has 2 aromatic carbocycles. The molecule has 0 bridgehead atoms. The molecule has 4 unspecified atom stereocenters. The van der Waals surface area contributed by atoms with Gasteiger partial charge in [-0.1, -0.05) is 18.6 Å². The van der Waals surface area contributed by atoms with Crippen LogP contribution in [0.3, 0.4) is 0 Å². The van der Waals surface area contributed by atoms with Crippen LogP contribution in [0.1, 0.15) is 44.1 Å². The number of carbonyl (C=O) groups excluding carboxylic acids is 3. The van der Waals surface area contributed by atoms with E-state index in [1.165, 1.54) is 17.0 Å². The topological polar surface area (TPSA) is 149 Å². The number of rotatable bonds is 5. The molecule has 0 spiro atoms. The van der Waals surface area contributed by atoms with Crippen LogP contribution in [0.5, 0.6) is 11.6 Å². The van der Waals surface area contributed by atoms with Crippen LogP contribution >= 0.6 is 0 Å². The number of methoxy groups -OCH3 is 1. The Morgan fingerprint density at radius 3 is 2.67 bits per heavy atom. The number of amides is 4. The van der Waals surface area contributed by atoms with Crippen molar-refractivity contribution in [2.75, 3.05) is 20.2 Å². The minimum absolute atomic E-state index is 0.114. The van der Waals surface area contributed by atoms with Crippen molar-refractivity contribution >= 4 is 28.7 Å². The van der Waals surface area contributed by atoms with Gasteiger partial charge in [0.05, 0.1) is 24.6 Å². The number of aryl methyl sites for hydroxylation is 1. The Morgan fingerprint density at radius 1 is 1.11 bits per heavy atom. The van der Waals surface area contributed by atoms with Crippen molar-refractivity contribution in [3.8, 4) is 23.0 Å². The maximum atomic E-state index is 13.7. The summed E-state index contributed by atoms with van der Waals surface area (Å²) < 4.78 is 25.7. The summed E-state index contributed by atoms with van der Waals surface area (Å²) in [7, 11) is 1.57. The van der Waals surface area contributed by atoms with Crippen LogP contribution in [0.4, 0.5) is 9.18 Å². The van der Waals surface area contributed by atoms with E-state index in [4.69, 9.17) is 25.2 Å². The molecule has 1 saturated carbocycles. The van der Waals surface area contributed by atoms with Gasteiger partial charge in [0.25, 0.3) is 0 Å². The fourth-order valence-corrected chi connectivity index (χ4v) is 6.27. The minimum Gasteiger partial charge on any atom is -0.496 e. The highest BCUT2D eigenvalue weighted by Crippen LogP contribution is 2.45. The lowest BCUT2D eigenvalue weighted by Gasteiger charge is -2.26. The van der Waals surface area contributed by atoms with E-state index in [9.17, 15) is 18.8 Å². The molecule has 2 aliphatic heterocycles. The third kappa shape index (κ3) is 6.01. The molecule has 1 saturated heterocycles. The Balaban J connectivity index is 1.33. The van der Waals surface area contributed by atoms with E-state index < -0.39 is 29.5 Å². The molecule has 3 aromatic rings. The maximum Gasteiger partial charge on any atom is 0.318 e. The molecular formula is C33H37FN6O5. The average molecular weight is 617 g/mol. The second-order valence-corrected chi connectivity index (χ2v) is 11.9. The first kappa shape index (κ1) is 30.3. The lowest BCUT2D eigenvalue weighted by atomic mass is 10.1. The van der Waals surface area contributed by atoms with Crippen molar-refractivity contribution in [3.63, 3.8) is 0 Å². The molecule has 4 atom stereocenters. The average Bonchev–Trinajstić information content (AvgIpc) is 3.56. The Bertz CT molecular complexity index is 1660. The lowest BCUT2D eigenvalue weighted by molar-refractivity contribution is -0.130. The summed E-state index contributed by atoms with van der Waals surface area (Å²) in [6.07, 6.45) is 7.53. The monoisotopic (exact) mass is 616 g/mol. The van der Waals surface area contributed by atoms with Gasteiger partial charge in [-0.3, -0.25) is 9.59 Å². The van der Waals surface area contributed by atoms with Crippen LogP contribution in [-0.4, -0.2) is 70.6 Å². The van der Waals surface area contributed by atoms with E-state index in [0.29, 0.717) is 41.0 Å². The standard InChI is InChI=1S/C33H37FN6O5/c1-19-26(44-2)14-13-24-27(19)37-28(20-9-11-22(34)12-10-20)38-30(24)45-23-16-25-29(41)39-33(31(35)42)17-21(33)8-6-4-3-5-7-15-36-32(43)40(25)18-23/h6,8-14,21,23,25H,3-5,7,15-18H2,1-2H3,(H2,35,42)(H,36,43)(H,39,41). The van der Waals surface area contributed by atoms with Gasteiger partial charge in [0.2, 0.25) is 17.7 Å². The van der Waals surface area contributed by atoms with Gasteiger partial charge in [-0.05, 0) is 69.0 Å². The molecule has 3 heterocycles. The zero-order valence-electron chi connectivity index (χ0n) is 25.3. The first-order valence-electron chi connectivity index (χ1n) is 15.3. The van der Waals surface area contributed by atoms with Gasteiger partial charge >= 0.3 is 6.03 Å². The van der Waals surface area contributed by atoms with Crippen molar-refractivity contribution < 1.29 is 28.2 Å². The Morgan fingerprint density at radius 2 is 1.91 bits per heavy atom. The smallest absolute Gasteiger partial charge is 0.318 e. The third-order valence-corrected chi connectivity index (χ3v) is 8.96. The number of ether oxygens (including phenoxy) is 2. The fraction of sp³-hybridized carbons (Fsp3) is 0.424. The number of hydrogen-bond donors (Lipinski definition) is 3. The molecule has 4 N–H and O–H groups in total. The number of nitrogens with one attached hydrogen (secondary N) is 2. The number of carbonyl (C=O) groups is 3. The molecule has 1 aliphatic carbocycles. The van der Waals surface area contributed by atoms with Crippen molar-refractivity contribution in [2.24, 2.45) is 11.7 Å². The molecule has 0 radical (unpaired) electrons. The second kappa shape index (κ2) is 12.3. The molecule has 45 heavy (non-hydrogen) atoms. The van der Waals surface area contributed by atoms with Gasteiger partial charge in [-0.2, -0.15) is 4.98 Å². The maximum absolute atomic E-state index is 13.7. The fourth-order valence-electron chi connectivity index (χ4n) is 6.27. The predicted molar refractivity (Wildman–Crippen MR) is 165 cm³/mol. The number of halogens is 1. The highest BCUT2D eigenvalue weighted by molar-refractivity contribution is 5.97. The Kier molecular flexibility index (Phi) is 8.30. The second-order valence-electron chi connectivity index (χ2n) is 11.9. The quantitative estimate of drug-likeness (QED) is 0.370. The normalized spacial score (nSPS) is 25.3. The molecule has 3 aliphatic rings. The molecule has 1 aromatic heterocycles.